The van der Waals surface area contributed by atoms with Crippen molar-refractivity contribution in [3.05, 3.63) is 35.4 Å². The predicted octanol–water partition coefficient (Wildman–Crippen LogP) is 2.93. The van der Waals surface area contributed by atoms with Crippen molar-refractivity contribution in [2.45, 2.75) is 32.6 Å². The molecule has 1 saturated heterocycles. The van der Waals surface area contributed by atoms with E-state index in [9.17, 15) is 4.79 Å². The van der Waals surface area contributed by atoms with Gasteiger partial charge in [-0.2, -0.15) is 5.10 Å². The number of amidine groups is 1. The van der Waals surface area contributed by atoms with E-state index in [0.717, 1.165) is 12.0 Å². The lowest BCUT2D eigenvalue weighted by atomic mass is 9.82. The van der Waals surface area contributed by atoms with Crippen LogP contribution in [0.2, 0.25) is 0 Å². The Morgan fingerprint density at radius 3 is 2.60 bits per heavy atom. The van der Waals surface area contributed by atoms with Crippen LogP contribution < -0.4 is 5.32 Å². The molecule has 1 amide bonds. The molecule has 0 bridgehead atoms. The molecular weight excluding hydrogens is 270 g/mol. The van der Waals surface area contributed by atoms with E-state index in [4.69, 9.17) is 0 Å². The number of carbonyl (C=O) groups is 1. The average molecular weight is 289 g/mol. The van der Waals surface area contributed by atoms with Crippen molar-refractivity contribution in [1.29, 1.82) is 0 Å². The van der Waals surface area contributed by atoms with Crippen LogP contribution in [-0.4, -0.2) is 23.0 Å². The lowest BCUT2D eigenvalue weighted by Gasteiger charge is -2.23. The van der Waals surface area contributed by atoms with Crippen LogP contribution in [0, 0.1) is 0 Å². The fourth-order valence-corrected chi connectivity index (χ4v) is 2.38. The van der Waals surface area contributed by atoms with E-state index in [1.807, 2.05) is 12.1 Å². The number of hydrogen-bond donors (Lipinski definition) is 1. The minimum absolute atomic E-state index is 0.0184. The Morgan fingerprint density at radius 2 is 2.05 bits per heavy atom. The molecule has 4 nitrogen and oxygen atoms in total. The molecule has 0 saturated carbocycles. The number of carbonyl (C=O) groups excluding carboxylic acids is 1. The Kier molecular flexibility index (Phi) is 4.60. The SMILES string of the molecule is CCC(C)(C)c1ccc(C=NN=C2NC(=O)CS2)cc1. The van der Waals surface area contributed by atoms with Crippen LogP contribution in [0.3, 0.4) is 0 Å². The molecule has 0 atom stereocenters. The monoisotopic (exact) mass is 289 g/mol. The Morgan fingerprint density at radius 1 is 1.35 bits per heavy atom. The van der Waals surface area contributed by atoms with Crippen LogP contribution in [0.25, 0.3) is 0 Å². The summed E-state index contributed by atoms with van der Waals surface area (Å²) < 4.78 is 0. The zero-order valence-electron chi connectivity index (χ0n) is 12.0. The topological polar surface area (TPSA) is 53.8 Å². The van der Waals surface area contributed by atoms with Gasteiger partial charge in [0.2, 0.25) is 5.91 Å². The smallest absolute Gasteiger partial charge is 0.236 e. The van der Waals surface area contributed by atoms with Gasteiger partial charge in [0.1, 0.15) is 0 Å². The molecule has 2 rings (SSSR count). The summed E-state index contributed by atoms with van der Waals surface area (Å²) in [7, 11) is 0. The van der Waals surface area contributed by atoms with E-state index in [1.54, 1.807) is 6.21 Å². The van der Waals surface area contributed by atoms with Gasteiger partial charge in [-0.25, -0.2) is 0 Å². The van der Waals surface area contributed by atoms with Crippen LogP contribution in [0.1, 0.15) is 38.3 Å². The molecule has 1 aromatic carbocycles. The highest BCUT2D eigenvalue weighted by atomic mass is 32.2. The highest BCUT2D eigenvalue weighted by molar-refractivity contribution is 8.15. The van der Waals surface area contributed by atoms with Gasteiger partial charge in [-0.05, 0) is 23.0 Å². The molecule has 1 aliphatic rings. The lowest BCUT2D eigenvalue weighted by Crippen LogP contribution is -2.19. The second kappa shape index (κ2) is 6.22. The summed E-state index contributed by atoms with van der Waals surface area (Å²) in [6.45, 7) is 6.67. The normalized spacial score (nSPS) is 17.9. The highest BCUT2D eigenvalue weighted by Gasteiger charge is 2.17. The molecule has 1 fully saturated rings. The third-order valence-electron chi connectivity index (χ3n) is 3.52. The Balaban J connectivity index is 2.02. The summed E-state index contributed by atoms with van der Waals surface area (Å²) >= 11 is 1.37. The molecule has 1 heterocycles. The van der Waals surface area contributed by atoms with E-state index >= 15 is 0 Å². The van der Waals surface area contributed by atoms with Gasteiger partial charge in [-0.1, -0.05) is 56.8 Å². The zero-order chi connectivity index (χ0) is 14.6. The van der Waals surface area contributed by atoms with Crippen molar-refractivity contribution in [2.24, 2.45) is 10.2 Å². The lowest BCUT2D eigenvalue weighted by molar-refractivity contribution is -0.116. The first-order valence-electron chi connectivity index (χ1n) is 6.65. The molecule has 106 valence electrons. The Hall–Kier alpha value is -1.62. The number of thioether (sulfide) groups is 1. The van der Waals surface area contributed by atoms with Gasteiger partial charge < -0.3 is 5.32 Å². The van der Waals surface area contributed by atoms with Crippen molar-refractivity contribution in [1.82, 2.24) is 5.32 Å². The van der Waals surface area contributed by atoms with E-state index in [-0.39, 0.29) is 11.3 Å². The van der Waals surface area contributed by atoms with Gasteiger partial charge in [0, 0.05) is 0 Å². The van der Waals surface area contributed by atoms with E-state index in [0.29, 0.717) is 10.9 Å². The van der Waals surface area contributed by atoms with Crippen LogP contribution in [0.15, 0.2) is 34.5 Å². The second-order valence-corrected chi connectivity index (χ2v) is 6.31. The molecular formula is C15H19N3OS. The number of nitrogens with zero attached hydrogens (tertiary/aromatic N) is 2. The molecule has 5 heteroatoms. The highest BCUT2D eigenvalue weighted by Crippen LogP contribution is 2.26. The number of hydrogen-bond acceptors (Lipinski definition) is 4. The maximum absolute atomic E-state index is 11.0. The number of amides is 1. The van der Waals surface area contributed by atoms with Gasteiger partial charge >= 0.3 is 0 Å². The maximum atomic E-state index is 11.0. The molecule has 0 unspecified atom stereocenters. The Labute approximate surface area is 123 Å². The number of nitrogens with one attached hydrogen (secondary N) is 1. The molecule has 20 heavy (non-hydrogen) atoms. The van der Waals surface area contributed by atoms with Crippen molar-refractivity contribution in [3.63, 3.8) is 0 Å². The van der Waals surface area contributed by atoms with Gasteiger partial charge in [0.25, 0.3) is 0 Å². The molecule has 1 aromatic rings. The summed E-state index contributed by atoms with van der Waals surface area (Å²) in [5.74, 6) is 0.407. The number of rotatable bonds is 4. The molecule has 1 N–H and O–H groups in total. The number of benzene rings is 1. The van der Waals surface area contributed by atoms with Crippen LogP contribution in [0.5, 0.6) is 0 Å². The fraction of sp³-hybridized carbons (Fsp3) is 0.400. The minimum Gasteiger partial charge on any atom is -0.303 e. The predicted molar refractivity (Wildman–Crippen MR) is 85.4 cm³/mol. The Bertz CT molecular complexity index is 547. The summed E-state index contributed by atoms with van der Waals surface area (Å²) in [5, 5.41) is 11.2. The van der Waals surface area contributed by atoms with Crippen molar-refractivity contribution in [3.8, 4) is 0 Å². The summed E-state index contributed by atoms with van der Waals surface area (Å²) in [6, 6.07) is 8.34. The molecule has 0 aliphatic carbocycles. The van der Waals surface area contributed by atoms with Gasteiger partial charge in [-0.3, -0.25) is 4.79 Å². The standard InChI is InChI=1S/C15H19N3OS/c1-4-15(2,3)12-7-5-11(6-8-12)9-16-18-14-17-13(19)10-20-14/h5-9H,4,10H2,1-3H3,(H,17,18,19). The summed E-state index contributed by atoms with van der Waals surface area (Å²) in [5.41, 5.74) is 2.52. The third kappa shape index (κ3) is 3.70. The van der Waals surface area contributed by atoms with E-state index < -0.39 is 0 Å². The third-order valence-corrected chi connectivity index (χ3v) is 4.38. The summed E-state index contributed by atoms with van der Waals surface area (Å²) in [6.07, 6.45) is 2.80. The van der Waals surface area contributed by atoms with E-state index in [1.165, 1.54) is 17.3 Å². The fourth-order valence-electron chi connectivity index (χ4n) is 1.75. The molecule has 0 radical (unpaired) electrons. The van der Waals surface area contributed by atoms with Crippen molar-refractivity contribution < 1.29 is 4.79 Å². The van der Waals surface area contributed by atoms with Crippen LogP contribution in [0.4, 0.5) is 0 Å². The minimum atomic E-state index is -0.0184. The first kappa shape index (κ1) is 14.8. The zero-order valence-corrected chi connectivity index (χ0v) is 12.8. The van der Waals surface area contributed by atoms with Crippen molar-refractivity contribution >= 4 is 29.1 Å². The summed E-state index contributed by atoms with van der Waals surface area (Å²) in [4.78, 5) is 11.0. The van der Waals surface area contributed by atoms with Gasteiger partial charge in [-0.15, -0.1) is 5.10 Å². The van der Waals surface area contributed by atoms with Gasteiger partial charge in [0.05, 0.1) is 12.0 Å². The van der Waals surface area contributed by atoms with Gasteiger partial charge in [0.15, 0.2) is 5.17 Å². The first-order chi connectivity index (χ1) is 9.51. The molecule has 0 aromatic heterocycles. The first-order valence-corrected chi connectivity index (χ1v) is 7.64. The van der Waals surface area contributed by atoms with Crippen LogP contribution >= 0.6 is 11.8 Å². The molecule has 0 spiro atoms. The maximum Gasteiger partial charge on any atom is 0.236 e. The quantitative estimate of drug-likeness (QED) is 0.684. The molecule has 1 aliphatic heterocycles. The van der Waals surface area contributed by atoms with E-state index in [2.05, 4.69) is 48.4 Å². The van der Waals surface area contributed by atoms with Crippen molar-refractivity contribution in [2.75, 3.05) is 5.75 Å². The van der Waals surface area contributed by atoms with Crippen LogP contribution in [-0.2, 0) is 10.2 Å². The second-order valence-electron chi connectivity index (χ2n) is 5.35. The average Bonchev–Trinajstić information content (AvgIpc) is 2.85. The largest absolute Gasteiger partial charge is 0.303 e.